The van der Waals surface area contributed by atoms with E-state index >= 15 is 0 Å². The van der Waals surface area contributed by atoms with Crippen molar-refractivity contribution in [1.29, 1.82) is 0 Å². The van der Waals surface area contributed by atoms with Crippen LogP contribution in [-0.4, -0.2) is 30.2 Å². The molecule has 1 fully saturated rings. The second-order valence-corrected chi connectivity index (χ2v) is 5.90. The number of rotatable bonds is 3. The van der Waals surface area contributed by atoms with Gasteiger partial charge in [0.05, 0.1) is 30.1 Å². The van der Waals surface area contributed by atoms with Gasteiger partial charge in [0.2, 0.25) is 5.79 Å². The Morgan fingerprint density at radius 3 is 2.79 bits per heavy atom. The van der Waals surface area contributed by atoms with Crippen LogP contribution in [0.1, 0.15) is 5.76 Å². The van der Waals surface area contributed by atoms with E-state index in [1.807, 2.05) is 6.07 Å². The summed E-state index contributed by atoms with van der Waals surface area (Å²) in [4.78, 5) is 12.5. The smallest absolute Gasteiger partial charge is 0.227 e. The van der Waals surface area contributed by atoms with Gasteiger partial charge in [0.1, 0.15) is 10.8 Å². The second kappa shape index (κ2) is 5.14. The Bertz CT molecular complexity index is 520. The van der Waals surface area contributed by atoms with Gasteiger partial charge in [0.25, 0.3) is 0 Å². The van der Waals surface area contributed by atoms with E-state index in [1.54, 1.807) is 12.3 Å². The molecule has 0 amide bonds. The molecule has 1 aliphatic carbocycles. The molecular weight excluding hydrogens is 311 g/mol. The van der Waals surface area contributed by atoms with Crippen molar-refractivity contribution in [3.05, 3.63) is 34.1 Å². The average Bonchev–Trinajstić information content (AvgIpc) is 3.10. The summed E-state index contributed by atoms with van der Waals surface area (Å²) in [6.45, 7) is 0.789. The van der Waals surface area contributed by atoms with Crippen LogP contribution in [-0.2, 0) is 20.0 Å². The van der Waals surface area contributed by atoms with E-state index in [1.165, 1.54) is 11.8 Å². The Morgan fingerprint density at radius 1 is 1.42 bits per heavy atom. The number of thioether (sulfide) groups is 1. The standard InChI is InChI=1S/C12H10Cl2O4S/c13-8-9(15)10(14)12(17-4-5-18-12)11(8)19-6-7-2-1-3-16-7/h1-3,10H,4-6H2. The van der Waals surface area contributed by atoms with Crippen molar-refractivity contribution in [3.8, 4) is 0 Å². The molecule has 1 unspecified atom stereocenters. The Morgan fingerprint density at radius 2 is 2.16 bits per heavy atom. The molecule has 1 atom stereocenters. The number of alkyl halides is 1. The summed E-state index contributed by atoms with van der Waals surface area (Å²) in [6.07, 6.45) is 1.59. The minimum Gasteiger partial charge on any atom is -0.468 e. The third-order valence-electron chi connectivity index (χ3n) is 2.95. The zero-order valence-corrected chi connectivity index (χ0v) is 12.1. The lowest BCUT2D eigenvalue weighted by Crippen LogP contribution is -2.40. The summed E-state index contributed by atoms with van der Waals surface area (Å²) in [6, 6.07) is 3.65. The van der Waals surface area contributed by atoms with Gasteiger partial charge in [-0.3, -0.25) is 4.79 Å². The molecule has 2 heterocycles. The first-order valence-electron chi connectivity index (χ1n) is 5.67. The van der Waals surface area contributed by atoms with Crippen molar-refractivity contribution >= 4 is 40.7 Å². The van der Waals surface area contributed by atoms with Gasteiger partial charge in [-0.2, -0.15) is 0 Å². The normalized spacial score (nSPS) is 25.8. The summed E-state index contributed by atoms with van der Waals surface area (Å²) < 4.78 is 16.4. The molecule has 0 bridgehead atoms. The first kappa shape index (κ1) is 13.5. The molecular formula is C12H10Cl2O4S. The highest BCUT2D eigenvalue weighted by Gasteiger charge is 2.57. The van der Waals surface area contributed by atoms with E-state index < -0.39 is 11.2 Å². The zero-order valence-electron chi connectivity index (χ0n) is 9.73. The van der Waals surface area contributed by atoms with Crippen LogP contribution in [0.5, 0.6) is 0 Å². The van der Waals surface area contributed by atoms with Crippen molar-refractivity contribution in [2.45, 2.75) is 16.9 Å². The molecule has 1 spiro atoms. The number of ketones is 1. The summed E-state index contributed by atoms with van der Waals surface area (Å²) >= 11 is 13.5. The lowest BCUT2D eigenvalue weighted by Gasteiger charge is -2.27. The fourth-order valence-electron chi connectivity index (χ4n) is 2.07. The Hall–Kier alpha value is -0.460. The quantitative estimate of drug-likeness (QED) is 0.801. The molecule has 2 aliphatic rings. The van der Waals surface area contributed by atoms with E-state index in [4.69, 9.17) is 37.1 Å². The summed E-state index contributed by atoms with van der Waals surface area (Å²) in [5.41, 5.74) is 0. The predicted molar refractivity (Wildman–Crippen MR) is 72.2 cm³/mol. The maximum atomic E-state index is 11.9. The second-order valence-electron chi connectivity index (χ2n) is 4.10. The van der Waals surface area contributed by atoms with Crippen LogP contribution in [0.4, 0.5) is 0 Å². The average molecular weight is 321 g/mol. The topological polar surface area (TPSA) is 48.7 Å². The number of hydrogen-bond donors (Lipinski definition) is 0. The van der Waals surface area contributed by atoms with Gasteiger partial charge in [0, 0.05) is 0 Å². The maximum absolute atomic E-state index is 11.9. The Kier molecular flexibility index (Phi) is 3.66. The molecule has 0 aromatic carbocycles. The molecule has 0 radical (unpaired) electrons. The van der Waals surface area contributed by atoms with Gasteiger partial charge in [-0.25, -0.2) is 0 Å². The minimum absolute atomic E-state index is 0.0958. The number of carbonyl (C=O) groups is 1. The number of carbonyl (C=O) groups excluding carboxylic acids is 1. The molecule has 3 rings (SSSR count). The van der Waals surface area contributed by atoms with Gasteiger partial charge in [-0.05, 0) is 12.1 Å². The van der Waals surface area contributed by atoms with Crippen molar-refractivity contribution < 1.29 is 18.7 Å². The van der Waals surface area contributed by atoms with Crippen molar-refractivity contribution in [1.82, 2.24) is 0 Å². The van der Waals surface area contributed by atoms with Crippen molar-refractivity contribution in [2.24, 2.45) is 0 Å². The number of ether oxygens (including phenoxy) is 2. The highest BCUT2D eigenvalue weighted by atomic mass is 35.5. The highest BCUT2D eigenvalue weighted by Crippen LogP contribution is 2.50. The van der Waals surface area contributed by atoms with Gasteiger partial charge in [0.15, 0.2) is 11.2 Å². The largest absolute Gasteiger partial charge is 0.468 e. The lowest BCUT2D eigenvalue weighted by atomic mass is 10.2. The van der Waals surface area contributed by atoms with Crippen LogP contribution >= 0.6 is 35.0 Å². The zero-order chi connectivity index (χ0) is 13.5. The van der Waals surface area contributed by atoms with Gasteiger partial charge in [-0.15, -0.1) is 23.4 Å². The van der Waals surface area contributed by atoms with E-state index in [0.29, 0.717) is 23.9 Å². The SMILES string of the molecule is O=C1C(Cl)=C(SCc2ccco2)C2(OCCO2)C1Cl. The third-order valence-corrected chi connectivity index (χ3v) is 5.13. The van der Waals surface area contributed by atoms with Gasteiger partial charge >= 0.3 is 0 Å². The molecule has 1 saturated heterocycles. The van der Waals surface area contributed by atoms with Gasteiger partial charge < -0.3 is 13.9 Å². The molecule has 1 aliphatic heterocycles. The summed E-state index contributed by atoms with van der Waals surface area (Å²) in [5.74, 6) is -0.260. The number of allylic oxidation sites excluding steroid dienone is 1. The molecule has 1 aromatic rings. The van der Waals surface area contributed by atoms with Crippen LogP contribution in [0.2, 0.25) is 0 Å². The number of halogens is 2. The Balaban J connectivity index is 1.86. The van der Waals surface area contributed by atoms with Crippen LogP contribution < -0.4 is 0 Å². The molecule has 4 nitrogen and oxygen atoms in total. The predicted octanol–water partition coefficient (Wildman–Crippen LogP) is 2.90. The highest BCUT2D eigenvalue weighted by molar-refractivity contribution is 8.02. The van der Waals surface area contributed by atoms with Crippen LogP contribution in [0, 0.1) is 0 Å². The van der Waals surface area contributed by atoms with Gasteiger partial charge in [-0.1, -0.05) is 11.6 Å². The Labute approximate surface area is 124 Å². The number of hydrogen-bond acceptors (Lipinski definition) is 5. The first-order valence-corrected chi connectivity index (χ1v) is 7.47. The molecule has 102 valence electrons. The lowest BCUT2D eigenvalue weighted by molar-refractivity contribution is -0.134. The van der Waals surface area contributed by atoms with Crippen molar-refractivity contribution in [2.75, 3.05) is 13.2 Å². The number of Topliss-reactive ketones (excluding diaryl/α,β-unsaturated/α-hetero) is 1. The summed E-state index contributed by atoms with van der Waals surface area (Å²) in [5, 5.41) is -0.833. The molecule has 7 heteroatoms. The molecule has 19 heavy (non-hydrogen) atoms. The van der Waals surface area contributed by atoms with E-state index in [9.17, 15) is 4.79 Å². The summed E-state index contributed by atoms with van der Waals surface area (Å²) in [7, 11) is 0. The van der Waals surface area contributed by atoms with Crippen LogP contribution in [0.15, 0.2) is 32.8 Å². The molecule has 1 aromatic heterocycles. The first-order chi connectivity index (χ1) is 9.15. The van der Waals surface area contributed by atoms with Crippen molar-refractivity contribution in [3.63, 3.8) is 0 Å². The molecule has 0 N–H and O–H groups in total. The molecule has 0 saturated carbocycles. The fourth-order valence-corrected chi connectivity index (χ4v) is 4.06. The number of furan rings is 1. The van der Waals surface area contributed by atoms with Crippen LogP contribution in [0.25, 0.3) is 0 Å². The van der Waals surface area contributed by atoms with E-state index in [0.717, 1.165) is 5.76 Å². The van der Waals surface area contributed by atoms with E-state index in [-0.39, 0.29) is 10.8 Å². The van der Waals surface area contributed by atoms with E-state index in [2.05, 4.69) is 0 Å². The fraction of sp³-hybridized carbons (Fsp3) is 0.417. The third kappa shape index (κ3) is 2.14. The monoisotopic (exact) mass is 320 g/mol. The minimum atomic E-state index is -1.22. The maximum Gasteiger partial charge on any atom is 0.227 e. The van der Waals surface area contributed by atoms with Crippen LogP contribution in [0.3, 0.4) is 0 Å².